The van der Waals surface area contributed by atoms with Gasteiger partial charge in [0.05, 0.1) is 0 Å². The molecular weight excluding hydrogens is 416 g/mol. The molecule has 0 spiro atoms. The van der Waals surface area contributed by atoms with Crippen LogP contribution in [-0.2, 0) is 6.42 Å². The van der Waals surface area contributed by atoms with Crippen LogP contribution in [-0.4, -0.2) is 10.9 Å². The van der Waals surface area contributed by atoms with Gasteiger partial charge in [0.2, 0.25) is 0 Å². The lowest BCUT2D eigenvalue weighted by molar-refractivity contribution is 0.0746. The highest BCUT2D eigenvalue weighted by Crippen LogP contribution is 2.22. The van der Waals surface area contributed by atoms with E-state index in [0.29, 0.717) is 11.1 Å². The fourth-order valence-electron chi connectivity index (χ4n) is 4.78. The van der Waals surface area contributed by atoms with Crippen LogP contribution in [0.2, 0.25) is 0 Å². The molecule has 0 heterocycles. The van der Waals surface area contributed by atoms with E-state index in [2.05, 4.69) is 6.92 Å². The zero-order valence-corrected chi connectivity index (χ0v) is 21.6. The van der Waals surface area contributed by atoms with Crippen molar-refractivity contribution < 1.29 is 9.90 Å². The van der Waals surface area contributed by atoms with Crippen LogP contribution in [0.1, 0.15) is 137 Å². The van der Waals surface area contributed by atoms with E-state index in [-0.39, 0.29) is 5.78 Å². The lowest BCUT2D eigenvalue weighted by Crippen LogP contribution is -2.14. The van der Waals surface area contributed by atoms with Crippen molar-refractivity contribution in [2.45, 2.75) is 122 Å². The van der Waals surface area contributed by atoms with E-state index in [1.807, 2.05) is 42.5 Å². The van der Waals surface area contributed by atoms with Crippen LogP contribution >= 0.6 is 0 Å². The molecule has 2 rings (SSSR count). The average molecular weight is 465 g/mol. The van der Waals surface area contributed by atoms with E-state index in [9.17, 15) is 9.90 Å². The average Bonchev–Trinajstić information content (AvgIpc) is 2.88. The Morgan fingerprint density at radius 2 is 1.06 bits per heavy atom. The molecule has 1 atom stereocenters. The van der Waals surface area contributed by atoms with E-state index in [4.69, 9.17) is 0 Å². The Labute approximate surface area is 209 Å². The summed E-state index contributed by atoms with van der Waals surface area (Å²) in [6.45, 7) is 2.28. The number of carbonyl (C=O) groups excluding carboxylic acids is 1. The van der Waals surface area contributed by atoms with Gasteiger partial charge in [-0.15, -0.1) is 0 Å². The zero-order chi connectivity index (χ0) is 24.3. The van der Waals surface area contributed by atoms with E-state index in [1.165, 1.54) is 96.3 Å². The summed E-state index contributed by atoms with van der Waals surface area (Å²) >= 11 is 0. The van der Waals surface area contributed by atoms with Gasteiger partial charge >= 0.3 is 0 Å². The van der Waals surface area contributed by atoms with Gasteiger partial charge in [-0.1, -0.05) is 158 Å². The quantitative estimate of drug-likeness (QED) is 0.156. The molecule has 2 aromatic carbocycles. The molecule has 0 radical (unpaired) electrons. The maximum absolute atomic E-state index is 12.9. The predicted octanol–water partition coefficient (Wildman–Crippen LogP) is 9.41. The van der Waals surface area contributed by atoms with Gasteiger partial charge in [-0.05, 0) is 24.0 Å². The first-order valence-electron chi connectivity index (χ1n) is 14.1. The standard InChI is InChI=1S/C32H48O2/c1-2-3-4-5-6-7-8-9-10-11-12-13-14-15-16-18-23-28-24-21-22-27-30(28)32(34)31(33)29-25-19-17-20-26-29/h17,19-22,24-27,31,33H,2-16,18,23H2,1H3. The third-order valence-corrected chi connectivity index (χ3v) is 6.95. The summed E-state index contributed by atoms with van der Waals surface area (Å²) in [5, 5.41) is 10.5. The van der Waals surface area contributed by atoms with Crippen molar-refractivity contribution in [3.05, 3.63) is 71.3 Å². The first-order valence-corrected chi connectivity index (χ1v) is 14.1. The van der Waals surface area contributed by atoms with Crippen LogP contribution in [0, 0.1) is 0 Å². The number of Topliss-reactive ketones (excluding diaryl/α,β-unsaturated/α-hetero) is 1. The van der Waals surface area contributed by atoms with Gasteiger partial charge in [0.15, 0.2) is 5.78 Å². The van der Waals surface area contributed by atoms with Gasteiger partial charge in [0.25, 0.3) is 0 Å². The molecule has 0 aliphatic carbocycles. The Balaban J connectivity index is 1.52. The first-order chi connectivity index (χ1) is 16.7. The van der Waals surface area contributed by atoms with Gasteiger partial charge in [0, 0.05) is 5.56 Å². The van der Waals surface area contributed by atoms with Crippen molar-refractivity contribution in [3.8, 4) is 0 Å². The van der Waals surface area contributed by atoms with E-state index >= 15 is 0 Å². The number of hydrogen-bond acceptors (Lipinski definition) is 2. The predicted molar refractivity (Wildman–Crippen MR) is 145 cm³/mol. The topological polar surface area (TPSA) is 37.3 Å². The summed E-state index contributed by atoms with van der Waals surface area (Å²) < 4.78 is 0. The molecule has 2 aromatic rings. The van der Waals surface area contributed by atoms with E-state index < -0.39 is 6.10 Å². The van der Waals surface area contributed by atoms with Gasteiger partial charge < -0.3 is 5.11 Å². The lowest BCUT2D eigenvalue weighted by Gasteiger charge is -2.13. The maximum Gasteiger partial charge on any atom is 0.196 e. The number of ketones is 1. The molecule has 0 aromatic heterocycles. The largest absolute Gasteiger partial charge is 0.380 e. The minimum Gasteiger partial charge on any atom is -0.380 e. The summed E-state index contributed by atoms with van der Waals surface area (Å²) in [6.07, 6.45) is 21.6. The van der Waals surface area contributed by atoms with Gasteiger partial charge in [0.1, 0.15) is 6.10 Å². The fraction of sp³-hybridized carbons (Fsp3) is 0.594. The van der Waals surface area contributed by atoms with Crippen molar-refractivity contribution in [2.24, 2.45) is 0 Å². The Morgan fingerprint density at radius 1 is 0.618 bits per heavy atom. The normalized spacial score (nSPS) is 12.1. The summed E-state index contributed by atoms with van der Waals surface area (Å²) in [5.41, 5.74) is 2.39. The Kier molecular flexibility index (Phi) is 15.3. The second-order valence-electron chi connectivity index (χ2n) is 9.89. The second kappa shape index (κ2) is 18.4. The molecule has 2 heteroatoms. The number of aliphatic hydroxyl groups excluding tert-OH is 1. The molecule has 2 nitrogen and oxygen atoms in total. The molecule has 188 valence electrons. The molecule has 0 aliphatic heterocycles. The van der Waals surface area contributed by atoms with Crippen LogP contribution in [0.5, 0.6) is 0 Å². The summed E-state index contributed by atoms with van der Waals surface area (Å²) in [7, 11) is 0. The molecule has 0 aliphatic rings. The van der Waals surface area contributed by atoms with Gasteiger partial charge in [-0.3, -0.25) is 4.79 Å². The number of rotatable bonds is 20. The Morgan fingerprint density at radius 3 is 1.59 bits per heavy atom. The second-order valence-corrected chi connectivity index (χ2v) is 9.89. The first kappa shape index (κ1) is 28.3. The number of aliphatic hydroxyl groups is 1. The van der Waals surface area contributed by atoms with Crippen molar-refractivity contribution in [1.82, 2.24) is 0 Å². The van der Waals surface area contributed by atoms with Crippen LogP contribution in [0.4, 0.5) is 0 Å². The summed E-state index contributed by atoms with van der Waals surface area (Å²) in [4.78, 5) is 12.9. The third kappa shape index (κ3) is 11.5. The molecular formula is C32H48O2. The maximum atomic E-state index is 12.9. The molecule has 0 bridgehead atoms. The molecule has 0 saturated carbocycles. The van der Waals surface area contributed by atoms with Crippen LogP contribution < -0.4 is 0 Å². The van der Waals surface area contributed by atoms with Crippen LogP contribution in [0.25, 0.3) is 0 Å². The summed E-state index contributed by atoms with van der Waals surface area (Å²) in [5.74, 6) is -0.196. The third-order valence-electron chi connectivity index (χ3n) is 6.95. The van der Waals surface area contributed by atoms with E-state index in [1.54, 1.807) is 12.1 Å². The Hall–Kier alpha value is -1.93. The Bertz CT molecular complexity index is 768. The smallest absolute Gasteiger partial charge is 0.196 e. The van der Waals surface area contributed by atoms with Gasteiger partial charge in [-0.25, -0.2) is 0 Å². The monoisotopic (exact) mass is 464 g/mol. The molecule has 0 amide bonds. The molecule has 34 heavy (non-hydrogen) atoms. The molecule has 1 N–H and O–H groups in total. The SMILES string of the molecule is CCCCCCCCCCCCCCCCCCc1ccccc1C(=O)C(O)c1ccccc1. The van der Waals surface area contributed by atoms with Crippen molar-refractivity contribution >= 4 is 5.78 Å². The number of unbranched alkanes of at least 4 members (excludes halogenated alkanes) is 15. The van der Waals surface area contributed by atoms with Crippen LogP contribution in [0.3, 0.4) is 0 Å². The highest BCUT2D eigenvalue weighted by Gasteiger charge is 2.21. The highest BCUT2D eigenvalue weighted by molar-refractivity contribution is 6.01. The summed E-state index contributed by atoms with van der Waals surface area (Å²) in [6, 6.07) is 17.0. The number of benzene rings is 2. The molecule has 0 fully saturated rings. The number of hydrogen-bond donors (Lipinski definition) is 1. The minimum absolute atomic E-state index is 0.196. The fourth-order valence-corrected chi connectivity index (χ4v) is 4.78. The number of carbonyl (C=O) groups is 1. The van der Waals surface area contributed by atoms with Crippen LogP contribution in [0.15, 0.2) is 54.6 Å². The van der Waals surface area contributed by atoms with Crippen molar-refractivity contribution in [1.29, 1.82) is 0 Å². The highest BCUT2D eigenvalue weighted by atomic mass is 16.3. The lowest BCUT2D eigenvalue weighted by atomic mass is 9.93. The molecule has 1 unspecified atom stereocenters. The number of aryl methyl sites for hydroxylation is 1. The van der Waals surface area contributed by atoms with Gasteiger partial charge in [-0.2, -0.15) is 0 Å². The van der Waals surface area contributed by atoms with Crippen molar-refractivity contribution in [3.63, 3.8) is 0 Å². The minimum atomic E-state index is -1.09. The van der Waals surface area contributed by atoms with Crippen molar-refractivity contribution in [2.75, 3.05) is 0 Å². The van der Waals surface area contributed by atoms with E-state index in [0.717, 1.165) is 18.4 Å². The zero-order valence-electron chi connectivity index (χ0n) is 21.6. The molecule has 0 saturated heterocycles.